The molecule has 7 nitrogen and oxygen atoms in total. The molecule has 0 fully saturated rings. The number of hydrogen-bond acceptors (Lipinski definition) is 7. The number of fused-ring (bicyclic) bond motifs is 2. The van der Waals surface area contributed by atoms with E-state index in [1.54, 1.807) is 24.3 Å². The van der Waals surface area contributed by atoms with E-state index in [0.717, 1.165) is 25.7 Å². The van der Waals surface area contributed by atoms with Gasteiger partial charge in [0.1, 0.15) is 0 Å². The number of nitrogen functional groups attached to an aromatic ring is 1. The lowest BCUT2D eigenvalue weighted by molar-refractivity contribution is -0.241. The molecule has 0 amide bonds. The first-order valence-electron chi connectivity index (χ1n) is 10.2. The van der Waals surface area contributed by atoms with E-state index in [-0.39, 0.29) is 40.3 Å². The molecule has 30 heavy (non-hydrogen) atoms. The van der Waals surface area contributed by atoms with E-state index in [9.17, 15) is 14.4 Å². The molecule has 0 spiro atoms. The molecule has 0 saturated heterocycles. The Morgan fingerprint density at radius 2 is 1.63 bits per heavy atom. The number of anilines is 2. The molecule has 0 atom stereocenters. The van der Waals surface area contributed by atoms with Gasteiger partial charge in [-0.1, -0.05) is 51.0 Å². The molecule has 0 bridgehead atoms. The molecular formula is C23H26N2O5. The average molecular weight is 410 g/mol. The second kappa shape index (κ2) is 9.54. The van der Waals surface area contributed by atoms with E-state index in [1.165, 1.54) is 6.07 Å². The Balaban J connectivity index is 2.07. The molecule has 1 aliphatic carbocycles. The maximum Gasteiger partial charge on any atom is 0.375 e. The van der Waals surface area contributed by atoms with Gasteiger partial charge in [-0.15, -0.1) is 0 Å². The van der Waals surface area contributed by atoms with Gasteiger partial charge in [0.25, 0.3) is 0 Å². The normalized spacial score (nSPS) is 12.3. The zero-order valence-corrected chi connectivity index (χ0v) is 17.2. The van der Waals surface area contributed by atoms with Crippen LogP contribution in [0.2, 0.25) is 0 Å². The fraction of sp³-hybridized carbons (Fsp3) is 0.348. The lowest BCUT2D eigenvalue weighted by Gasteiger charge is -2.23. The van der Waals surface area contributed by atoms with Gasteiger partial charge in [0.15, 0.2) is 11.6 Å². The van der Waals surface area contributed by atoms with E-state index in [0.29, 0.717) is 17.8 Å². The molecule has 0 heterocycles. The van der Waals surface area contributed by atoms with E-state index in [2.05, 4.69) is 5.32 Å². The number of carbonyl (C=O) groups is 3. The lowest BCUT2D eigenvalue weighted by atomic mass is 9.81. The molecule has 7 heteroatoms. The van der Waals surface area contributed by atoms with Crippen molar-refractivity contribution in [3.05, 3.63) is 58.1 Å². The zero-order chi connectivity index (χ0) is 21.7. The van der Waals surface area contributed by atoms with Crippen LogP contribution in [0.25, 0.3) is 0 Å². The van der Waals surface area contributed by atoms with Gasteiger partial charge >= 0.3 is 5.97 Å². The lowest BCUT2D eigenvalue weighted by Crippen LogP contribution is -2.26. The van der Waals surface area contributed by atoms with Crippen molar-refractivity contribution >= 4 is 28.9 Å². The Morgan fingerprint density at radius 1 is 1.00 bits per heavy atom. The Morgan fingerprint density at radius 3 is 2.27 bits per heavy atom. The van der Waals surface area contributed by atoms with Gasteiger partial charge < -0.3 is 11.1 Å². The van der Waals surface area contributed by atoms with Crippen LogP contribution in [0.1, 0.15) is 81.7 Å². The van der Waals surface area contributed by atoms with Gasteiger partial charge in [-0.3, -0.25) is 14.5 Å². The Labute approximate surface area is 175 Å². The topological polar surface area (TPSA) is 108 Å². The summed E-state index contributed by atoms with van der Waals surface area (Å²) in [7, 11) is 0. The van der Waals surface area contributed by atoms with Gasteiger partial charge in [0.2, 0.25) is 0 Å². The van der Waals surface area contributed by atoms with E-state index in [4.69, 9.17) is 15.5 Å². The second-order valence-corrected chi connectivity index (χ2v) is 7.17. The van der Waals surface area contributed by atoms with Crippen LogP contribution in [0, 0.1) is 0 Å². The van der Waals surface area contributed by atoms with Crippen LogP contribution in [-0.2, 0) is 9.78 Å². The number of ketones is 2. The molecule has 2 aromatic rings. The van der Waals surface area contributed by atoms with Gasteiger partial charge in [-0.05, 0) is 18.9 Å². The van der Waals surface area contributed by atoms with Crippen LogP contribution < -0.4 is 11.1 Å². The van der Waals surface area contributed by atoms with Crippen LogP contribution >= 0.6 is 0 Å². The third-order valence-electron chi connectivity index (χ3n) is 5.02. The molecular weight excluding hydrogens is 384 g/mol. The molecule has 2 aromatic carbocycles. The minimum atomic E-state index is -0.802. The molecule has 0 saturated carbocycles. The Bertz CT molecular complexity index is 984. The highest BCUT2D eigenvalue weighted by Gasteiger charge is 2.35. The highest BCUT2D eigenvalue weighted by molar-refractivity contribution is 6.32. The first-order valence-corrected chi connectivity index (χ1v) is 10.2. The molecule has 0 aliphatic heterocycles. The number of unbranched alkanes of at least 4 members (excludes halogenated alkanes) is 2. The van der Waals surface area contributed by atoms with Gasteiger partial charge in [-0.2, -0.15) is 4.89 Å². The number of nitrogens with one attached hydrogen (secondary N) is 1. The SMILES string of the molecule is CCCCNc1cc(C(=O)OOCCCC)c(N)c2c1C(=O)c1ccccc1C2=O. The molecule has 3 rings (SSSR count). The summed E-state index contributed by atoms with van der Waals surface area (Å²) >= 11 is 0. The van der Waals surface area contributed by atoms with Crippen molar-refractivity contribution in [2.24, 2.45) is 0 Å². The van der Waals surface area contributed by atoms with Crippen LogP contribution in [0.3, 0.4) is 0 Å². The summed E-state index contributed by atoms with van der Waals surface area (Å²) in [5, 5.41) is 3.18. The zero-order valence-electron chi connectivity index (χ0n) is 17.2. The van der Waals surface area contributed by atoms with Gasteiger partial charge in [0.05, 0.1) is 29.0 Å². The summed E-state index contributed by atoms with van der Waals surface area (Å²) in [5.41, 5.74) is 7.32. The summed E-state index contributed by atoms with van der Waals surface area (Å²) in [6, 6.07) is 8.07. The molecule has 0 radical (unpaired) electrons. The van der Waals surface area contributed by atoms with Crippen molar-refractivity contribution in [2.45, 2.75) is 39.5 Å². The number of hydrogen-bond donors (Lipinski definition) is 2. The van der Waals surface area contributed by atoms with Gasteiger partial charge in [0, 0.05) is 23.4 Å². The van der Waals surface area contributed by atoms with Crippen LogP contribution in [-0.4, -0.2) is 30.7 Å². The third kappa shape index (κ3) is 4.07. The molecule has 0 aromatic heterocycles. The Kier molecular flexibility index (Phi) is 6.84. The highest BCUT2D eigenvalue weighted by atomic mass is 17.2. The van der Waals surface area contributed by atoms with Crippen LogP contribution in [0.5, 0.6) is 0 Å². The molecule has 158 valence electrons. The number of rotatable bonds is 9. The van der Waals surface area contributed by atoms with Crippen molar-refractivity contribution in [3.8, 4) is 0 Å². The third-order valence-corrected chi connectivity index (χ3v) is 5.02. The number of benzene rings is 2. The van der Waals surface area contributed by atoms with E-state index < -0.39 is 11.8 Å². The molecule has 3 N–H and O–H groups in total. The molecule has 1 aliphatic rings. The summed E-state index contributed by atoms with van der Waals surface area (Å²) < 4.78 is 0. The van der Waals surface area contributed by atoms with E-state index >= 15 is 0 Å². The maximum atomic E-state index is 13.2. The van der Waals surface area contributed by atoms with Crippen LogP contribution in [0.4, 0.5) is 11.4 Å². The predicted molar refractivity (Wildman–Crippen MR) is 114 cm³/mol. The van der Waals surface area contributed by atoms with Crippen molar-refractivity contribution in [1.82, 2.24) is 0 Å². The predicted octanol–water partition coefficient (Wildman–Crippen LogP) is 4.14. The quantitative estimate of drug-likeness (QED) is 0.236. The van der Waals surface area contributed by atoms with Crippen molar-refractivity contribution in [3.63, 3.8) is 0 Å². The van der Waals surface area contributed by atoms with Gasteiger partial charge in [-0.25, -0.2) is 4.79 Å². The minimum absolute atomic E-state index is 0.00946. The fourth-order valence-corrected chi connectivity index (χ4v) is 3.37. The first-order chi connectivity index (χ1) is 14.5. The number of carbonyl (C=O) groups excluding carboxylic acids is 3. The molecule has 0 unspecified atom stereocenters. The maximum absolute atomic E-state index is 13.2. The van der Waals surface area contributed by atoms with E-state index in [1.807, 2.05) is 13.8 Å². The smallest absolute Gasteiger partial charge is 0.375 e. The largest absolute Gasteiger partial charge is 0.397 e. The monoisotopic (exact) mass is 410 g/mol. The van der Waals surface area contributed by atoms with Crippen molar-refractivity contribution < 1.29 is 24.2 Å². The second-order valence-electron chi connectivity index (χ2n) is 7.17. The average Bonchev–Trinajstić information content (AvgIpc) is 2.75. The van der Waals surface area contributed by atoms with Crippen LogP contribution in [0.15, 0.2) is 30.3 Å². The minimum Gasteiger partial charge on any atom is -0.397 e. The highest BCUT2D eigenvalue weighted by Crippen LogP contribution is 2.37. The first kappa shape index (κ1) is 21.5. The summed E-state index contributed by atoms with van der Waals surface area (Å²) in [6.45, 7) is 4.87. The summed E-state index contributed by atoms with van der Waals surface area (Å²) in [4.78, 5) is 48.8. The number of nitrogens with two attached hydrogens (primary N) is 1. The fourth-order valence-electron chi connectivity index (χ4n) is 3.37. The Hall–Kier alpha value is -3.19. The van der Waals surface area contributed by atoms with Crippen molar-refractivity contribution in [1.29, 1.82) is 0 Å². The summed E-state index contributed by atoms with van der Waals surface area (Å²) in [5.74, 6) is -1.49. The standard InChI is InChI=1S/C23H26N2O5/c1-3-5-11-25-17-13-16(23(28)30-29-12-6-4-2)20(24)19-18(17)21(26)14-9-7-8-10-15(14)22(19)27/h7-10,13,25H,3-6,11-12,24H2,1-2H3. The van der Waals surface area contributed by atoms with Crippen molar-refractivity contribution in [2.75, 3.05) is 24.2 Å². The summed E-state index contributed by atoms with van der Waals surface area (Å²) in [6.07, 6.45) is 3.43.